The third kappa shape index (κ3) is 1.03. The van der Waals surface area contributed by atoms with Crippen LogP contribution >= 0.6 is 0 Å². The van der Waals surface area contributed by atoms with Gasteiger partial charge in [0.05, 0.1) is 17.6 Å². The molecule has 0 aromatic rings. The smallest absolute Gasteiger partial charge is 0.309 e. The van der Waals surface area contributed by atoms with Crippen molar-refractivity contribution in [1.29, 1.82) is 0 Å². The second-order valence-electron chi connectivity index (χ2n) is 3.80. The SMILES string of the molecule is CC1(C(=O)O)CC2OCOC2C1. The van der Waals surface area contributed by atoms with Crippen molar-refractivity contribution >= 4 is 5.97 Å². The highest BCUT2D eigenvalue weighted by Gasteiger charge is 2.50. The number of rotatable bonds is 1. The number of hydrogen-bond donors (Lipinski definition) is 1. The van der Waals surface area contributed by atoms with E-state index >= 15 is 0 Å². The van der Waals surface area contributed by atoms with Gasteiger partial charge in [-0.25, -0.2) is 0 Å². The summed E-state index contributed by atoms with van der Waals surface area (Å²) in [7, 11) is 0. The quantitative estimate of drug-likeness (QED) is 0.629. The maximum atomic E-state index is 10.8. The summed E-state index contributed by atoms with van der Waals surface area (Å²) in [6.07, 6.45) is 1.16. The van der Waals surface area contributed by atoms with E-state index in [0.29, 0.717) is 19.6 Å². The number of aliphatic carboxylic acids is 1. The molecule has 2 atom stereocenters. The van der Waals surface area contributed by atoms with Gasteiger partial charge in [-0.1, -0.05) is 0 Å². The summed E-state index contributed by atoms with van der Waals surface area (Å²) in [4.78, 5) is 10.8. The largest absolute Gasteiger partial charge is 0.481 e. The van der Waals surface area contributed by atoms with E-state index in [-0.39, 0.29) is 12.2 Å². The van der Waals surface area contributed by atoms with Gasteiger partial charge < -0.3 is 14.6 Å². The molecular formula is C8H12O4. The van der Waals surface area contributed by atoms with E-state index in [2.05, 4.69) is 0 Å². The van der Waals surface area contributed by atoms with E-state index in [9.17, 15) is 4.79 Å². The minimum atomic E-state index is -0.746. The predicted molar refractivity (Wildman–Crippen MR) is 39.6 cm³/mol. The molecule has 1 heterocycles. The van der Waals surface area contributed by atoms with Crippen molar-refractivity contribution in [3.8, 4) is 0 Å². The third-order valence-corrected chi connectivity index (χ3v) is 2.80. The first-order valence-corrected chi connectivity index (χ1v) is 4.08. The average Bonchev–Trinajstić information content (AvgIpc) is 2.44. The van der Waals surface area contributed by atoms with Crippen LogP contribution in [0.5, 0.6) is 0 Å². The number of fused-ring (bicyclic) bond motifs is 1. The van der Waals surface area contributed by atoms with Gasteiger partial charge in [-0.05, 0) is 19.8 Å². The van der Waals surface area contributed by atoms with E-state index in [1.54, 1.807) is 6.92 Å². The molecule has 4 nitrogen and oxygen atoms in total. The zero-order valence-corrected chi connectivity index (χ0v) is 6.95. The van der Waals surface area contributed by atoms with Gasteiger partial charge in [0.2, 0.25) is 0 Å². The van der Waals surface area contributed by atoms with Crippen LogP contribution in [0.1, 0.15) is 19.8 Å². The molecule has 0 spiro atoms. The molecule has 2 unspecified atom stereocenters. The van der Waals surface area contributed by atoms with E-state index in [4.69, 9.17) is 14.6 Å². The van der Waals surface area contributed by atoms with Crippen molar-refractivity contribution in [2.24, 2.45) is 5.41 Å². The van der Waals surface area contributed by atoms with Crippen LogP contribution in [0.3, 0.4) is 0 Å². The molecule has 1 saturated carbocycles. The molecule has 0 amide bonds. The Bertz CT molecular complexity index is 201. The molecule has 68 valence electrons. The van der Waals surface area contributed by atoms with Gasteiger partial charge in [0.1, 0.15) is 6.79 Å². The van der Waals surface area contributed by atoms with Gasteiger partial charge in [0, 0.05) is 0 Å². The fourth-order valence-corrected chi connectivity index (χ4v) is 1.96. The fraction of sp³-hybridized carbons (Fsp3) is 0.875. The van der Waals surface area contributed by atoms with Crippen LogP contribution in [0, 0.1) is 5.41 Å². The highest BCUT2D eigenvalue weighted by atomic mass is 16.7. The normalized spacial score (nSPS) is 46.1. The van der Waals surface area contributed by atoms with Gasteiger partial charge in [-0.2, -0.15) is 0 Å². The van der Waals surface area contributed by atoms with Gasteiger partial charge >= 0.3 is 5.97 Å². The Labute approximate surface area is 70.5 Å². The van der Waals surface area contributed by atoms with Crippen LogP contribution in [-0.2, 0) is 14.3 Å². The molecule has 0 aromatic carbocycles. The van der Waals surface area contributed by atoms with Crippen LogP contribution < -0.4 is 0 Å². The lowest BCUT2D eigenvalue weighted by Gasteiger charge is -2.17. The summed E-state index contributed by atoms with van der Waals surface area (Å²) >= 11 is 0. The number of ether oxygens (including phenoxy) is 2. The Morgan fingerprint density at radius 2 is 1.92 bits per heavy atom. The minimum absolute atomic E-state index is 0.00565. The second kappa shape index (κ2) is 2.44. The lowest BCUT2D eigenvalue weighted by atomic mass is 9.89. The van der Waals surface area contributed by atoms with Crippen molar-refractivity contribution < 1.29 is 19.4 Å². The number of carbonyl (C=O) groups is 1. The summed E-state index contributed by atoms with van der Waals surface area (Å²) in [5.74, 6) is -0.746. The first-order valence-electron chi connectivity index (χ1n) is 4.08. The molecule has 2 rings (SSSR count). The van der Waals surface area contributed by atoms with Crippen LogP contribution in [0.2, 0.25) is 0 Å². The lowest BCUT2D eigenvalue weighted by molar-refractivity contribution is -0.149. The third-order valence-electron chi connectivity index (χ3n) is 2.80. The van der Waals surface area contributed by atoms with Crippen molar-refractivity contribution in [3.63, 3.8) is 0 Å². The molecule has 4 heteroatoms. The number of carboxylic acid groups (broad SMARTS) is 1. The molecule has 1 saturated heterocycles. The summed E-state index contributed by atoms with van der Waals surface area (Å²) in [6.45, 7) is 2.07. The van der Waals surface area contributed by atoms with Crippen LogP contribution in [0.15, 0.2) is 0 Å². The Balaban J connectivity index is 2.11. The van der Waals surface area contributed by atoms with Crippen molar-refractivity contribution in [1.82, 2.24) is 0 Å². The molecule has 0 bridgehead atoms. The van der Waals surface area contributed by atoms with E-state index < -0.39 is 11.4 Å². The van der Waals surface area contributed by atoms with Crippen LogP contribution in [0.4, 0.5) is 0 Å². The van der Waals surface area contributed by atoms with Gasteiger partial charge in [0.15, 0.2) is 0 Å². The molecule has 0 radical (unpaired) electrons. The molecular weight excluding hydrogens is 160 g/mol. The Hall–Kier alpha value is -0.610. The van der Waals surface area contributed by atoms with Crippen molar-refractivity contribution in [3.05, 3.63) is 0 Å². The zero-order valence-electron chi connectivity index (χ0n) is 6.95. The van der Waals surface area contributed by atoms with Gasteiger partial charge in [0.25, 0.3) is 0 Å². The zero-order chi connectivity index (χ0) is 8.77. The van der Waals surface area contributed by atoms with E-state index in [1.807, 2.05) is 0 Å². The summed E-state index contributed by atoms with van der Waals surface area (Å²) in [6, 6.07) is 0. The molecule has 1 aliphatic carbocycles. The molecule has 1 aliphatic heterocycles. The van der Waals surface area contributed by atoms with Crippen LogP contribution in [0.25, 0.3) is 0 Å². The highest BCUT2D eigenvalue weighted by Crippen LogP contribution is 2.43. The van der Waals surface area contributed by atoms with Crippen LogP contribution in [-0.4, -0.2) is 30.1 Å². The first-order chi connectivity index (χ1) is 5.62. The standard InChI is InChI=1S/C8H12O4/c1-8(7(9)10)2-5-6(3-8)12-4-11-5/h5-6H,2-4H2,1H3,(H,9,10). The average molecular weight is 172 g/mol. The maximum Gasteiger partial charge on any atom is 0.309 e. The second-order valence-corrected chi connectivity index (χ2v) is 3.80. The first kappa shape index (κ1) is 8.01. The van der Waals surface area contributed by atoms with E-state index in [0.717, 1.165) is 0 Å². The summed E-state index contributed by atoms with van der Waals surface area (Å²) in [5.41, 5.74) is -0.643. The summed E-state index contributed by atoms with van der Waals surface area (Å²) in [5, 5.41) is 8.92. The molecule has 1 N–H and O–H groups in total. The topological polar surface area (TPSA) is 55.8 Å². The number of hydrogen-bond acceptors (Lipinski definition) is 3. The Morgan fingerprint density at radius 1 is 1.42 bits per heavy atom. The molecule has 0 aromatic heterocycles. The molecule has 2 fully saturated rings. The molecule has 12 heavy (non-hydrogen) atoms. The maximum absolute atomic E-state index is 10.8. The Morgan fingerprint density at radius 3 is 2.33 bits per heavy atom. The van der Waals surface area contributed by atoms with Crippen molar-refractivity contribution in [2.75, 3.05) is 6.79 Å². The predicted octanol–water partition coefficient (Wildman–Crippen LogP) is 0.613. The van der Waals surface area contributed by atoms with Gasteiger partial charge in [-0.15, -0.1) is 0 Å². The molecule has 2 aliphatic rings. The lowest BCUT2D eigenvalue weighted by Crippen LogP contribution is -2.25. The van der Waals surface area contributed by atoms with Crippen molar-refractivity contribution in [2.45, 2.75) is 32.0 Å². The summed E-state index contributed by atoms with van der Waals surface area (Å²) < 4.78 is 10.5. The fourth-order valence-electron chi connectivity index (χ4n) is 1.96. The Kier molecular flexibility index (Phi) is 1.63. The highest BCUT2D eigenvalue weighted by molar-refractivity contribution is 5.74. The number of carboxylic acids is 1. The minimum Gasteiger partial charge on any atom is -0.481 e. The van der Waals surface area contributed by atoms with E-state index in [1.165, 1.54) is 0 Å². The monoisotopic (exact) mass is 172 g/mol. The van der Waals surface area contributed by atoms with Gasteiger partial charge in [-0.3, -0.25) is 4.79 Å².